The van der Waals surface area contributed by atoms with E-state index in [9.17, 15) is 8.92 Å². The molecule has 0 fully saturated rings. The molecule has 180 valence electrons. The molecule has 0 aliphatic carbocycles. The third-order valence-corrected chi connectivity index (χ3v) is 7.00. The number of ether oxygens (including phenoxy) is 1. The normalized spacial score (nSPS) is 12.9. The van der Waals surface area contributed by atoms with Crippen molar-refractivity contribution in [1.29, 1.82) is 0 Å². The molecular weight excluding hydrogens is 456 g/mol. The lowest BCUT2D eigenvalue weighted by molar-refractivity contribution is -0.214. The first-order valence-electron chi connectivity index (χ1n) is 11.2. The Labute approximate surface area is 202 Å². The molecule has 0 aliphatic heterocycles. The van der Waals surface area contributed by atoms with Crippen LogP contribution >= 0.6 is 11.3 Å². The lowest BCUT2D eigenvalue weighted by Gasteiger charge is -2.26. The summed E-state index contributed by atoms with van der Waals surface area (Å²) in [6.07, 6.45) is -0.329. The van der Waals surface area contributed by atoms with Gasteiger partial charge in [0.05, 0.1) is 28.0 Å². The average Bonchev–Trinajstić information content (AvgIpc) is 3.35. The number of aromatic nitrogens is 3. The molecule has 0 saturated carbocycles. The highest BCUT2D eigenvalue weighted by atomic mass is 32.1. The van der Waals surface area contributed by atoms with Gasteiger partial charge in [0, 0.05) is 35.9 Å². The molecule has 0 radical (unpaired) electrons. The molecule has 4 rings (SSSR count). The van der Waals surface area contributed by atoms with Gasteiger partial charge >= 0.3 is 0 Å². The lowest BCUT2D eigenvalue weighted by Crippen LogP contribution is -2.21. The van der Waals surface area contributed by atoms with Crippen LogP contribution in [-0.4, -0.2) is 21.4 Å². The van der Waals surface area contributed by atoms with Gasteiger partial charge in [-0.2, -0.15) is 10.0 Å². The molecule has 8 heteroatoms. The van der Waals surface area contributed by atoms with E-state index in [0.29, 0.717) is 23.4 Å². The molecule has 0 bridgehead atoms. The summed E-state index contributed by atoms with van der Waals surface area (Å²) in [5, 5.41) is 4.52. The molecule has 0 aliphatic rings. The molecule has 0 spiro atoms. The summed E-state index contributed by atoms with van der Waals surface area (Å²) < 4.78 is 37.0. The van der Waals surface area contributed by atoms with E-state index < -0.39 is 11.5 Å². The van der Waals surface area contributed by atoms with Crippen molar-refractivity contribution in [3.63, 3.8) is 0 Å². The van der Waals surface area contributed by atoms with E-state index in [0.717, 1.165) is 32.6 Å². The molecule has 0 amide bonds. The first-order valence-corrected chi connectivity index (χ1v) is 12.0. The van der Waals surface area contributed by atoms with Gasteiger partial charge in [-0.25, -0.2) is 9.37 Å². The largest absolute Gasteiger partial charge is 0.492 e. The fourth-order valence-corrected chi connectivity index (χ4v) is 4.80. The van der Waals surface area contributed by atoms with Gasteiger partial charge in [0.25, 0.3) is 0 Å². The monoisotopic (exact) mass is 485 g/mol. The van der Waals surface area contributed by atoms with Crippen molar-refractivity contribution in [1.82, 2.24) is 14.8 Å². The van der Waals surface area contributed by atoms with Gasteiger partial charge in [-0.1, -0.05) is 26.8 Å². The topological polar surface area (TPSA) is 49.2 Å². The van der Waals surface area contributed by atoms with Crippen LogP contribution < -0.4 is 4.74 Å². The number of benzene rings is 2. The molecule has 2 aromatic heterocycles. The van der Waals surface area contributed by atoms with Gasteiger partial charge < -0.3 is 4.74 Å². The molecule has 1 unspecified atom stereocenters. The number of thiazole rings is 1. The zero-order valence-electron chi connectivity index (χ0n) is 20.3. The fourth-order valence-electron chi connectivity index (χ4n) is 4.14. The number of halogens is 2. The highest BCUT2D eigenvalue weighted by molar-refractivity contribution is 7.16. The molecule has 2 heterocycles. The van der Waals surface area contributed by atoms with Crippen LogP contribution in [0.3, 0.4) is 0 Å². The second-order valence-electron chi connectivity index (χ2n) is 9.59. The summed E-state index contributed by atoms with van der Waals surface area (Å²) in [7, 11) is 1.82. The van der Waals surface area contributed by atoms with Gasteiger partial charge in [0.1, 0.15) is 17.7 Å². The second-order valence-corrected chi connectivity index (χ2v) is 10.5. The van der Waals surface area contributed by atoms with Crippen molar-refractivity contribution in [2.24, 2.45) is 12.5 Å². The van der Waals surface area contributed by atoms with Crippen LogP contribution in [0.2, 0.25) is 0 Å². The van der Waals surface area contributed by atoms with E-state index >= 15 is 0 Å². The Balaban J connectivity index is 1.64. The van der Waals surface area contributed by atoms with Crippen molar-refractivity contribution in [3.8, 4) is 16.9 Å². The van der Waals surface area contributed by atoms with Crippen molar-refractivity contribution in [3.05, 3.63) is 64.2 Å². The first kappa shape index (κ1) is 24.3. The van der Waals surface area contributed by atoms with E-state index in [1.807, 2.05) is 58.5 Å². The Morgan fingerprint density at radius 3 is 2.62 bits per heavy atom. The Hall–Kier alpha value is -2.84. The summed E-state index contributed by atoms with van der Waals surface area (Å²) in [5.41, 5.74) is 6.72. The Morgan fingerprint density at radius 2 is 1.91 bits per heavy atom. The van der Waals surface area contributed by atoms with Crippen molar-refractivity contribution in [2.45, 2.75) is 47.1 Å². The Bertz CT molecular complexity index is 1320. The molecule has 2 aromatic carbocycles. The van der Waals surface area contributed by atoms with E-state index in [2.05, 4.69) is 15.0 Å². The van der Waals surface area contributed by atoms with Crippen molar-refractivity contribution < 1.29 is 18.6 Å². The van der Waals surface area contributed by atoms with E-state index in [1.165, 1.54) is 6.07 Å². The van der Waals surface area contributed by atoms with Crippen LogP contribution in [-0.2, 0) is 18.4 Å². The highest BCUT2D eigenvalue weighted by Crippen LogP contribution is 2.39. The summed E-state index contributed by atoms with van der Waals surface area (Å²) in [5.74, 6) is 0.164. The maximum atomic E-state index is 14.5. The van der Waals surface area contributed by atoms with E-state index in [1.54, 1.807) is 29.0 Å². The molecule has 0 saturated heterocycles. The van der Waals surface area contributed by atoms with Crippen molar-refractivity contribution in [2.75, 3.05) is 6.61 Å². The van der Waals surface area contributed by atoms with Gasteiger partial charge in [0.15, 0.2) is 0 Å². The van der Waals surface area contributed by atoms with Gasteiger partial charge in [-0.3, -0.25) is 4.68 Å². The summed E-state index contributed by atoms with van der Waals surface area (Å²) in [4.78, 5) is 8.74. The SMILES string of the molecule is Cc1c(F)ccc(-c2ccc3scnc3c2)c1OCCc1c(C(OF)C(C)(C)C)nn(C)c1C. The number of nitrogens with zero attached hydrogens (tertiary/aromatic N) is 3. The lowest BCUT2D eigenvalue weighted by atomic mass is 9.85. The molecule has 4 aromatic rings. The predicted molar refractivity (Wildman–Crippen MR) is 131 cm³/mol. The van der Waals surface area contributed by atoms with Crippen LogP contribution in [0.25, 0.3) is 21.3 Å². The summed E-state index contributed by atoms with van der Waals surface area (Å²) >= 11 is 1.58. The smallest absolute Gasteiger partial charge is 0.147 e. The molecule has 0 N–H and O–H groups in total. The predicted octanol–water partition coefficient (Wildman–Crippen LogP) is 7.06. The minimum absolute atomic E-state index is 0.277. The number of rotatable bonds is 7. The quantitative estimate of drug-likeness (QED) is 0.281. The fraction of sp³-hybridized carbons (Fsp3) is 0.385. The Kier molecular flexibility index (Phi) is 6.73. The standard InChI is InChI=1S/C26H29F2N3O2S/c1-15-20(27)9-8-19(17-7-10-22-21(13-17)29-14-34-22)24(15)32-12-11-18-16(2)31(6)30-23(18)25(33-28)26(3,4)5/h7-10,13-14,25H,11-12H2,1-6H3. The Morgan fingerprint density at radius 1 is 1.15 bits per heavy atom. The zero-order chi connectivity index (χ0) is 24.6. The third-order valence-electron chi connectivity index (χ3n) is 6.19. The van der Waals surface area contributed by atoms with Gasteiger partial charge in [0.2, 0.25) is 0 Å². The third kappa shape index (κ3) is 4.57. The van der Waals surface area contributed by atoms with Gasteiger partial charge in [-0.15, -0.1) is 11.3 Å². The number of fused-ring (bicyclic) bond motifs is 1. The number of hydrogen-bond donors (Lipinski definition) is 0. The van der Waals surface area contributed by atoms with Crippen LogP contribution in [0.15, 0.2) is 35.8 Å². The van der Waals surface area contributed by atoms with Crippen molar-refractivity contribution >= 4 is 21.6 Å². The van der Waals surface area contributed by atoms with E-state index in [-0.39, 0.29) is 12.4 Å². The summed E-state index contributed by atoms with van der Waals surface area (Å²) in [6, 6.07) is 9.19. The van der Waals surface area contributed by atoms with Crippen LogP contribution in [0.4, 0.5) is 8.92 Å². The summed E-state index contributed by atoms with van der Waals surface area (Å²) in [6.45, 7) is 9.64. The highest BCUT2D eigenvalue weighted by Gasteiger charge is 2.33. The average molecular weight is 486 g/mol. The molecule has 5 nitrogen and oxygen atoms in total. The maximum Gasteiger partial charge on any atom is 0.147 e. The van der Waals surface area contributed by atoms with Crippen LogP contribution in [0.1, 0.15) is 49.4 Å². The molecule has 34 heavy (non-hydrogen) atoms. The first-order chi connectivity index (χ1) is 16.1. The van der Waals surface area contributed by atoms with Crippen LogP contribution in [0, 0.1) is 25.1 Å². The second kappa shape index (κ2) is 9.43. The molecular formula is C26H29F2N3O2S. The van der Waals surface area contributed by atoms with E-state index in [4.69, 9.17) is 4.74 Å². The number of aryl methyl sites for hydroxylation is 1. The van der Waals surface area contributed by atoms with Crippen LogP contribution in [0.5, 0.6) is 5.75 Å². The minimum Gasteiger partial charge on any atom is -0.492 e. The molecule has 1 atom stereocenters. The number of hydrogen-bond acceptors (Lipinski definition) is 5. The minimum atomic E-state index is -0.807. The van der Waals surface area contributed by atoms with Gasteiger partial charge in [-0.05, 0) is 53.6 Å². The maximum absolute atomic E-state index is 14.5. The zero-order valence-corrected chi connectivity index (χ0v) is 21.1.